The fraction of sp³-hybridized carbons (Fsp3) is 0.600. The van der Waals surface area contributed by atoms with E-state index in [4.69, 9.17) is 14.4 Å². The van der Waals surface area contributed by atoms with Gasteiger partial charge in [0.1, 0.15) is 5.56 Å². The fourth-order valence-corrected chi connectivity index (χ4v) is 1.76. The highest BCUT2D eigenvalue weighted by molar-refractivity contribution is 5.88. The molecule has 0 spiro atoms. The fourth-order valence-electron chi connectivity index (χ4n) is 1.76. The van der Waals surface area contributed by atoms with E-state index >= 15 is 0 Å². The minimum Gasteiger partial charge on any atom is -0.478 e. The number of hydrogen-bond acceptors (Lipinski definition) is 4. The zero-order valence-corrected chi connectivity index (χ0v) is 8.31. The van der Waals surface area contributed by atoms with Crippen LogP contribution in [0.25, 0.3) is 0 Å². The molecule has 0 amide bonds. The maximum atomic E-state index is 10.8. The van der Waals surface area contributed by atoms with E-state index in [9.17, 15) is 4.79 Å². The second-order valence-electron chi connectivity index (χ2n) is 3.66. The number of carboxylic acid groups (broad SMARTS) is 1. The Labute approximate surface area is 87.0 Å². The van der Waals surface area contributed by atoms with Crippen LogP contribution in [-0.2, 0) is 11.2 Å². The average Bonchev–Trinajstić information content (AvgIpc) is 2.67. The summed E-state index contributed by atoms with van der Waals surface area (Å²) in [6.07, 6.45) is 4.98. The summed E-state index contributed by atoms with van der Waals surface area (Å²) in [5, 5.41) is 12.3. The zero-order valence-electron chi connectivity index (χ0n) is 8.31. The van der Waals surface area contributed by atoms with Gasteiger partial charge >= 0.3 is 5.97 Å². The quantitative estimate of drug-likeness (QED) is 0.819. The van der Waals surface area contributed by atoms with E-state index in [1.807, 2.05) is 0 Å². The molecule has 1 unspecified atom stereocenters. The van der Waals surface area contributed by atoms with Crippen LogP contribution in [0.2, 0.25) is 0 Å². The van der Waals surface area contributed by atoms with Gasteiger partial charge in [-0.1, -0.05) is 5.16 Å². The highest BCUT2D eigenvalue weighted by Crippen LogP contribution is 2.19. The van der Waals surface area contributed by atoms with Crippen molar-refractivity contribution in [2.24, 2.45) is 0 Å². The standard InChI is InChI=1S/C10H13NO4/c12-10(13)8-6-11-15-9(8)5-7-3-1-2-4-14-7/h6-7H,1-5H2,(H,12,13). The molecule has 5 nitrogen and oxygen atoms in total. The number of carbonyl (C=O) groups is 1. The van der Waals surface area contributed by atoms with Crippen molar-refractivity contribution in [2.45, 2.75) is 31.8 Å². The van der Waals surface area contributed by atoms with Gasteiger partial charge in [0.2, 0.25) is 0 Å². The molecule has 15 heavy (non-hydrogen) atoms. The van der Waals surface area contributed by atoms with E-state index in [0.29, 0.717) is 12.2 Å². The molecule has 1 saturated heterocycles. The molecule has 1 aliphatic rings. The molecule has 2 heterocycles. The Morgan fingerprint density at radius 2 is 2.47 bits per heavy atom. The van der Waals surface area contributed by atoms with Gasteiger partial charge in [0.05, 0.1) is 12.3 Å². The van der Waals surface area contributed by atoms with Crippen molar-refractivity contribution in [3.63, 3.8) is 0 Å². The second-order valence-corrected chi connectivity index (χ2v) is 3.66. The molecular weight excluding hydrogens is 198 g/mol. The number of ether oxygens (including phenoxy) is 1. The molecule has 1 aliphatic heterocycles. The summed E-state index contributed by atoms with van der Waals surface area (Å²) in [7, 11) is 0. The largest absolute Gasteiger partial charge is 0.478 e. The summed E-state index contributed by atoms with van der Waals surface area (Å²) in [5.41, 5.74) is 0.143. The minimum atomic E-state index is -0.998. The SMILES string of the molecule is O=C(O)c1cnoc1CC1CCCCO1. The summed E-state index contributed by atoms with van der Waals surface area (Å²) in [4.78, 5) is 10.8. The first-order valence-electron chi connectivity index (χ1n) is 5.06. The highest BCUT2D eigenvalue weighted by Gasteiger charge is 2.21. The maximum Gasteiger partial charge on any atom is 0.340 e. The Morgan fingerprint density at radius 1 is 1.60 bits per heavy atom. The topological polar surface area (TPSA) is 72.6 Å². The first-order valence-corrected chi connectivity index (χ1v) is 5.06. The van der Waals surface area contributed by atoms with Crippen LogP contribution < -0.4 is 0 Å². The molecule has 1 N–H and O–H groups in total. The summed E-state index contributed by atoms with van der Waals surface area (Å²) in [6, 6.07) is 0. The Balaban J connectivity index is 2.03. The first kappa shape index (κ1) is 10.2. The lowest BCUT2D eigenvalue weighted by atomic mass is 10.0. The van der Waals surface area contributed by atoms with Crippen molar-refractivity contribution in [3.05, 3.63) is 17.5 Å². The van der Waals surface area contributed by atoms with Crippen molar-refractivity contribution in [1.29, 1.82) is 0 Å². The van der Waals surface area contributed by atoms with E-state index in [-0.39, 0.29) is 11.7 Å². The third-order valence-corrected chi connectivity index (χ3v) is 2.56. The lowest BCUT2D eigenvalue weighted by Crippen LogP contribution is -2.21. The van der Waals surface area contributed by atoms with Crippen LogP contribution in [0, 0.1) is 0 Å². The van der Waals surface area contributed by atoms with E-state index in [0.717, 1.165) is 25.9 Å². The van der Waals surface area contributed by atoms with Gasteiger partial charge in [-0.3, -0.25) is 0 Å². The van der Waals surface area contributed by atoms with Crippen molar-refractivity contribution >= 4 is 5.97 Å². The Bertz CT molecular complexity index is 341. The van der Waals surface area contributed by atoms with Crippen LogP contribution in [0.4, 0.5) is 0 Å². The first-order chi connectivity index (χ1) is 7.27. The van der Waals surface area contributed by atoms with Crippen molar-refractivity contribution in [3.8, 4) is 0 Å². The number of nitrogens with zero attached hydrogens (tertiary/aromatic N) is 1. The molecule has 5 heteroatoms. The zero-order chi connectivity index (χ0) is 10.7. The molecule has 0 radical (unpaired) electrons. The predicted octanol–water partition coefficient (Wildman–Crippen LogP) is 1.48. The second kappa shape index (κ2) is 4.44. The van der Waals surface area contributed by atoms with Crippen molar-refractivity contribution in [2.75, 3.05) is 6.61 Å². The van der Waals surface area contributed by atoms with Crippen LogP contribution in [0.1, 0.15) is 35.4 Å². The smallest absolute Gasteiger partial charge is 0.340 e. The molecule has 1 fully saturated rings. The number of rotatable bonds is 3. The van der Waals surface area contributed by atoms with E-state index < -0.39 is 5.97 Å². The lowest BCUT2D eigenvalue weighted by Gasteiger charge is -2.21. The van der Waals surface area contributed by atoms with E-state index in [1.54, 1.807) is 0 Å². The molecular formula is C10H13NO4. The molecule has 1 atom stereocenters. The van der Waals surface area contributed by atoms with Gasteiger partial charge in [-0.2, -0.15) is 0 Å². The molecule has 1 aromatic heterocycles. The minimum absolute atomic E-state index is 0.0739. The van der Waals surface area contributed by atoms with Gasteiger partial charge in [0.25, 0.3) is 0 Å². The molecule has 0 aliphatic carbocycles. The molecule has 2 rings (SSSR count). The molecule has 1 aromatic rings. The number of hydrogen-bond donors (Lipinski definition) is 1. The average molecular weight is 211 g/mol. The normalized spacial score (nSPS) is 21.5. The van der Waals surface area contributed by atoms with Crippen LogP contribution in [0.15, 0.2) is 10.7 Å². The van der Waals surface area contributed by atoms with Crippen molar-refractivity contribution in [1.82, 2.24) is 5.16 Å². The van der Waals surface area contributed by atoms with Crippen LogP contribution >= 0.6 is 0 Å². The van der Waals surface area contributed by atoms with Crippen LogP contribution in [0.5, 0.6) is 0 Å². The van der Waals surface area contributed by atoms with Crippen molar-refractivity contribution < 1.29 is 19.2 Å². The number of aromatic carboxylic acids is 1. The van der Waals surface area contributed by atoms with E-state index in [2.05, 4.69) is 5.16 Å². The number of aromatic nitrogens is 1. The van der Waals surface area contributed by atoms with Gasteiger partial charge in [-0.25, -0.2) is 4.79 Å². The van der Waals surface area contributed by atoms with Gasteiger partial charge in [-0.15, -0.1) is 0 Å². The lowest BCUT2D eigenvalue weighted by molar-refractivity contribution is 0.0129. The third kappa shape index (κ3) is 2.36. The summed E-state index contributed by atoms with van der Waals surface area (Å²) < 4.78 is 10.4. The Kier molecular flexibility index (Phi) is 3.01. The summed E-state index contributed by atoms with van der Waals surface area (Å²) in [5.74, 6) is -0.587. The Hall–Kier alpha value is -1.36. The van der Waals surface area contributed by atoms with Crippen LogP contribution in [-0.4, -0.2) is 28.9 Å². The predicted molar refractivity (Wildman–Crippen MR) is 50.8 cm³/mol. The molecule has 82 valence electrons. The monoisotopic (exact) mass is 211 g/mol. The number of carboxylic acids is 1. The van der Waals surface area contributed by atoms with Gasteiger partial charge in [0, 0.05) is 13.0 Å². The van der Waals surface area contributed by atoms with Gasteiger partial charge < -0.3 is 14.4 Å². The Morgan fingerprint density at radius 3 is 3.13 bits per heavy atom. The maximum absolute atomic E-state index is 10.8. The molecule has 0 bridgehead atoms. The van der Waals surface area contributed by atoms with Crippen LogP contribution in [0.3, 0.4) is 0 Å². The van der Waals surface area contributed by atoms with Gasteiger partial charge in [0.15, 0.2) is 5.76 Å². The summed E-state index contributed by atoms with van der Waals surface area (Å²) >= 11 is 0. The molecule has 0 aromatic carbocycles. The highest BCUT2D eigenvalue weighted by atomic mass is 16.5. The third-order valence-electron chi connectivity index (χ3n) is 2.56. The molecule has 0 saturated carbocycles. The summed E-state index contributed by atoms with van der Waals surface area (Å²) in [6.45, 7) is 0.751. The van der Waals surface area contributed by atoms with E-state index in [1.165, 1.54) is 6.20 Å². The van der Waals surface area contributed by atoms with Gasteiger partial charge in [-0.05, 0) is 19.3 Å².